The van der Waals surface area contributed by atoms with Crippen molar-refractivity contribution in [3.05, 3.63) is 63.3 Å². The maximum atomic E-state index is 12.5. The van der Waals surface area contributed by atoms with Gasteiger partial charge < -0.3 is 9.30 Å². The summed E-state index contributed by atoms with van der Waals surface area (Å²) in [5.74, 6) is -0.816. The number of aromatic nitrogens is 3. The number of Topliss-reactive ketones (excluding diaryl/α,β-unsaturated/α-hetero) is 1. The number of carbonyl (C=O) groups is 2. The molecule has 0 amide bonds. The molecule has 3 aromatic rings. The van der Waals surface area contributed by atoms with Gasteiger partial charge in [-0.05, 0) is 39.8 Å². The highest BCUT2D eigenvalue weighted by Crippen LogP contribution is 2.20. The minimum Gasteiger partial charge on any atom is -0.457 e. The highest BCUT2D eigenvalue weighted by atomic mass is 16.5. The molecule has 1 aromatic carbocycles. The number of aromatic amines is 1. The number of aryl methyl sites for hydroxylation is 1. The van der Waals surface area contributed by atoms with Gasteiger partial charge >= 0.3 is 5.97 Å². The summed E-state index contributed by atoms with van der Waals surface area (Å²) in [5.41, 5.74) is 2.51. The maximum absolute atomic E-state index is 12.5. The molecule has 0 bridgehead atoms. The molecule has 146 valence electrons. The monoisotopic (exact) mass is 381 g/mol. The van der Waals surface area contributed by atoms with Crippen LogP contribution in [0.5, 0.6) is 0 Å². The zero-order valence-corrected chi connectivity index (χ0v) is 16.4. The normalized spacial score (nSPS) is 11.2. The first-order valence-electron chi connectivity index (χ1n) is 9.13. The van der Waals surface area contributed by atoms with Gasteiger partial charge in [0, 0.05) is 28.4 Å². The van der Waals surface area contributed by atoms with Gasteiger partial charge in [-0.1, -0.05) is 18.2 Å². The Hall–Kier alpha value is -3.22. The molecule has 7 heteroatoms. The third kappa shape index (κ3) is 3.74. The first-order valence-corrected chi connectivity index (χ1v) is 9.13. The number of nitrogens with one attached hydrogen (secondary N) is 1. The molecule has 0 atom stereocenters. The SMILES string of the molecule is Cc1cc(C(=O)COC(=O)Cc2n[nH]c(=O)c3ccccc23)c(C)n1C(C)C. The Labute approximate surface area is 162 Å². The molecular formula is C21H23N3O4. The van der Waals surface area contributed by atoms with Crippen LogP contribution in [0.1, 0.15) is 47.3 Å². The van der Waals surface area contributed by atoms with E-state index in [2.05, 4.69) is 28.6 Å². The number of ketones is 1. The number of hydrogen-bond acceptors (Lipinski definition) is 5. The average Bonchev–Trinajstić information content (AvgIpc) is 2.96. The predicted molar refractivity (Wildman–Crippen MR) is 106 cm³/mol. The Morgan fingerprint density at radius 1 is 1.18 bits per heavy atom. The Morgan fingerprint density at radius 2 is 1.86 bits per heavy atom. The van der Waals surface area contributed by atoms with Crippen LogP contribution in [-0.2, 0) is 16.0 Å². The highest BCUT2D eigenvalue weighted by Gasteiger charge is 2.19. The van der Waals surface area contributed by atoms with Crippen LogP contribution in [0.25, 0.3) is 10.8 Å². The van der Waals surface area contributed by atoms with E-state index in [4.69, 9.17) is 4.74 Å². The second-order valence-electron chi connectivity index (χ2n) is 7.05. The van der Waals surface area contributed by atoms with E-state index in [9.17, 15) is 14.4 Å². The molecule has 0 aliphatic heterocycles. The molecule has 1 N–H and O–H groups in total. The van der Waals surface area contributed by atoms with E-state index < -0.39 is 5.97 Å². The molecule has 3 rings (SSSR count). The Kier molecular flexibility index (Phi) is 5.44. The lowest BCUT2D eigenvalue weighted by Gasteiger charge is -2.13. The lowest BCUT2D eigenvalue weighted by molar-refractivity contribution is -0.141. The highest BCUT2D eigenvalue weighted by molar-refractivity contribution is 5.99. The second-order valence-corrected chi connectivity index (χ2v) is 7.05. The summed E-state index contributed by atoms with van der Waals surface area (Å²) in [6.07, 6.45) is -0.129. The molecule has 0 aliphatic rings. The molecule has 2 heterocycles. The Morgan fingerprint density at radius 3 is 2.50 bits per heavy atom. The number of esters is 1. The van der Waals surface area contributed by atoms with Gasteiger partial charge in [-0.25, -0.2) is 5.10 Å². The van der Waals surface area contributed by atoms with Crippen LogP contribution in [0.3, 0.4) is 0 Å². The minimum absolute atomic E-state index is 0.129. The van der Waals surface area contributed by atoms with Crippen molar-refractivity contribution >= 4 is 22.5 Å². The van der Waals surface area contributed by atoms with Crippen LogP contribution in [0.4, 0.5) is 0 Å². The first kappa shape index (κ1) is 19.5. The topological polar surface area (TPSA) is 94.1 Å². The molecule has 0 saturated carbocycles. The van der Waals surface area contributed by atoms with Crippen molar-refractivity contribution in [2.24, 2.45) is 0 Å². The molecule has 0 unspecified atom stereocenters. The molecule has 0 spiro atoms. The standard InChI is InChI=1S/C21H23N3O4/c1-12(2)24-13(3)9-17(14(24)4)19(25)11-28-20(26)10-18-15-7-5-6-8-16(15)21(27)23-22-18/h5-9,12H,10-11H2,1-4H3,(H,23,27). The van der Waals surface area contributed by atoms with Crippen LogP contribution in [-0.4, -0.2) is 33.1 Å². The maximum Gasteiger partial charge on any atom is 0.312 e. The predicted octanol–water partition coefficient (Wildman–Crippen LogP) is 2.89. The lowest BCUT2D eigenvalue weighted by atomic mass is 10.1. The van der Waals surface area contributed by atoms with Crippen LogP contribution in [0.2, 0.25) is 0 Å². The number of ether oxygens (including phenoxy) is 1. The van der Waals surface area contributed by atoms with E-state index in [1.807, 2.05) is 19.9 Å². The molecule has 0 fully saturated rings. The van der Waals surface area contributed by atoms with E-state index in [-0.39, 0.29) is 30.4 Å². The second kappa shape index (κ2) is 7.80. The zero-order chi connectivity index (χ0) is 20.4. The van der Waals surface area contributed by atoms with E-state index in [0.717, 1.165) is 11.4 Å². The number of fused-ring (bicyclic) bond motifs is 1. The number of rotatable bonds is 6. The van der Waals surface area contributed by atoms with E-state index in [1.54, 1.807) is 24.3 Å². The number of carbonyl (C=O) groups excluding carboxylic acids is 2. The molecular weight excluding hydrogens is 358 g/mol. The van der Waals surface area contributed by atoms with Crippen molar-refractivity contribution in [3.8, 4) is 0 Å². The fraction of sp³-hybridized carbons (Fsp3) is 0.333. The molecule has 28 heavy (non-hydrogen) atoms. The van der Waals surface area contributed by atoms with Crippen LogP contribution < -0.4 is 5.56 Å². The quantitative estimate of drug-likeness (QED) is 0.523. The summed E-state index contributed by atoms with van der Waals surface area (Å²) >= 11 is 0. The van der Waals surface area contributed by atoms with Crippen molar-refractivity contribution in [2.45, 2.75) is 40.2 Å². The van der Waals surface area contributed by atoms with E-state index >= 15 is 0 Å². The summed E-state index contributed by atoms with van der Waals surface area (Å²) < 4.78 is 7.25. The molecule has 0 saturated heterocycles. The summed E-state index contributed by atoms with van der Waals surface area (Å²) in [4.78, 5) is 36.6. The minimum atomic E-state index is -0.573. The van der Waals surface area contributed by atoms with Gasteiger partial charge in [-0.3, -0.25) is 14.4 Å². The van der Waals surface area contributed by atoms with Crippen LogP contribution >= 0.6 is 0 Å². The lowest BCUT2D eigenvalue weighted by Crippen LogP contribution is -2.18. The molecule has 7 nitrogen and oxygen atoms in total. The zero-order valence-electron chi connectivity index (χ0n) is 16.4. The number of benzene rings is 1. The summed E-state index contributed by atoms with van der Waals surface area (Å²) in [6, 6.07) is 8.97. The van der Waals surface area contributed by atoms with Crippen LogP contribution in [0, 0.1) is 13.8 Å². The Balaban J connectivity index is 1.70. The smallest absolute Gasteiger partial charge is 0.312 e. The van der Waals surface area contributed by atoms with Crippen molar-refractivity contribution in [2.75, 3.05) is 6.61 Å². The summed E-state index contributed by atoms with van der Waals surface area (Å²) in [7, 11) is 0. The van der Waals surface area contributed by atoms with Gasteiger partial charge in [-0.15, -0.1) is 0 Å². The van der Waals surface area contributed by atoms with E-state index in [1.165, 1.54) is 0 Å². The van der Waals surface area contributed by atoms with Gasteiger partial charge in [0.05, 0.1) is 17.5 Å². The van der Waals surface area contributed by atoms with Gasteiger partial charge in [0.1, 0.15) is 0 Å². The summed E-state index contributed by atoms with van der Waals surface area (Å²) in [5, 5.41) is 7.39. The van der Waals surface area contributed by atoms with Gasteiger partial charge in [0.25, 0.3) is 5.56 Å². The van der Waals surface area contributed by atoms with Gasteiger partial charge in [0.15, 0.2) is 6.61 Å². The number of nitrogens with zero attached hydrogens (tertiary/aromatic N) is 2. The third-order valence-corrected chi connectivity index (χ3v) is 4.75. The van der Waals surface area contributed by atoms with E-state index in [0.29, 0.717) is 22.0 Å². The van der Waals surface area contributed by atoms with Crippen LogP contribution in [0.15, 0.2) is 35.1 Å². The molecule has 0 aliphatic carbocycles. The van der Waals surface area contributed by atoms with Gasteiger partial charge in [-0.2, -0.15) is 5.10 Å². The van der Waals surface area contributed by atoms with Gasteiger partial charge in [0.2, 0.25) is 5.78 Å². The van der Waals surface area contributed by atoms with Crippen molar-refractivity contribution in [1.82, 2.24) is 14.8 Å². The third-order valence-electron chi connectivity index (χ3n) is 4.75. The van der Waals surface area contributed by atoms with Crippen molar-refractivity contribution in [3.63, 3.8) is 0 Å². The largest absolute Gasteiger partial charge is 0.457 e. The van der Waals surface area contributed by atoms with Crippen molar-refractivity contribution < 1.29 is 14.3 Å². The number of H-pyrrole nitrogens is 1. The summed E-state index contributed by atoms with van der Waals surface area (Å²) in [6.45, 7) is 7.61. The fourth-order valence-electron chi connectivity index (χ4n) is 3.57. The molecule has 0 radical (unpaired) electrons. The Bertz CT molecular complexity index is 1110. The molecule has 2 aromatic heterocycles. The fourth-order valence-corrected chi connectivity index (χ4v) is 3.57. The first-order chi connectivity index (χ1) is 13.3. The van der Waals surface area contributed by atoms with Crippen molar-refractivity contribution in [1.29, 1.82) is 0 Å². The average molecular weight is 381 g/mol. The number of hydrogen-bond donors (Lipinski definition) is 1.